The molecule has 3 rings (SSSR count). The number of ether oxygens (including phenoxy) is 2. The molecule has 1 fully saturated rings. The first-order valence-corrected chi connectivity index (χ1v) is 10.2. The zero-order valence-corrected chi connectivity index (χ0v) is 18.4. The van der Waals surface area contributed by atoms with Gasteiger partial charge in [0.05, 0.1) is 18.9 Å². The number of nitrogens with one attached hydrogen (secondary N) is 1. The molecule has 156 valence electrons. The van der Waals surface area contributed by atoms with Crippen molar-refractivity contribution >= 4 is 52.5 Å². The van der Waals surface area contributed by atoms with Crippen LogP contribution in [0.3, 0.4) is 0 Å². The van der Waals surface area contributed by atoms with Gasteiger partial charge in [0, 0.05) is 16.1 Å². The predicted molar refractivity (Wildman–Crippen MR) is 121 cm³/mol. The van der Waals surface area contributed by atoms with Gasteiger partial charge in [0.1, 0.15) is 17.1 Å². The summed E-state index contributed by atoms with van der Waals surface area (Å²) < 4.78 is 11.4. The lowest BCUT2D eigenvalue weighted by atomic mass is 10.0. The molecule has 0 aliphatic carbocycles. The third kappa shape index (κ3) is 4.32. The molecule has 0 saturated carbocycles. The molecule has 30 heavy (non-hydrogen) atoms. The van der Waals surface area contributed by atoms with Crippen LogP contribution in [-0.4, -0.2) is 30.1 Å². The first-order chi connectivity index (χ1) is 14.4. The van der Waals surface area contributed by atoms with E-state index >= 15 is 0 Å². The third-order valence-electron chi connectivity index (χ3n) is 4.46. The van der Waals surface area contributed by atoms with Crippen LogP contribution in [0.5, 0.6) is 11.5 Å². The van der Waals surface area contributed by atoms with Gasteiger partial charge in [-0.15, -0.1) is 0 Å². The average molecular weight is 445 g/mol. The van der Waals surface area contributed by atoms with Crippen LogP contribution < -0.4 is 19.7 Å². The van der Waals surface area contributed by atoms with Crippen LogP contribution in [0.1, 0.15) is 25.0 Å². The summed E-state index contributed by atoms with van der Waals surface area (Å²) >= 11 is 11.2. The Morgan fingerprint density at radius 2 is 1.73 bits per heavy atom. The lowest BCUT2D eigenvalue weighted by molar-refractivity contribution is -0.122. The normalized spacial score (nSPS) is 15.4. The Hall–Kier alpha value is -2.90. The number of hydrogen-bond acceptors (Lipinski definition) is 5. The number of halogens is 1. The van der Waals surface area contributed by atoms with E-state index in [2.05, 4.69) is 5.32 Å². The van der Waals surface area contributed by atoms with Gasteiger partial charge in [-0.05, 0) is 75.5 Å². The monoisotopic (exact) mass is 444 g/mol. The Morgan fingerprint density at radius 3 is 2.37 bits per heavy atom. The van der Waals surface area contributed by atoms with Crippen molar-refractivity contribution in [3.63, 3.8) is 0 Å². The zero-order valence-electron chi connectivity index (χ0n) is 16.8. The first kappa shape index (κ1) is 21.8. The number of carbonyl (C=O) groups is 2. The lowest BCUT2D eigenvalue weighted by Crippen LogP contribution is -2.54. The number of thiocarbonyl (C=S) groups is 1. The zero-order chi connectivity index (χ0) is 21.8. The Bertz CT molecular complexity index is 1030. The van der Waals surface area contributed by atoms with E-state index in [0.717, 1.165) is 5.56 Å². The second-order valence-electron chi connectivity index (χ2n) is 6.41. The van der Waals surface area contributed by atoms with E-state index in [1.54, 1.807) is 36.4 Å². The molecule has 2 aromatic carbocycles. The number of nitrogens with zero attached hydrogens (tertiary/aromatic N) is 1. The van der Waals surface area contributed by atoms with E-state index in [1.807, 2.05) is 20.8 Å². The van der Waals surface area contributed by atoms with Crippen LogP contribution in [0.4, 0.5) is 5.69 Å². The summed E-state index contributed by atoms with van der Waals surface area (Å²) in [6.45, 7) is 6.57. The molecular formula is C22H21ClN2O4S. The van der Waals surface area contributed by atoms with Crippen LogP contribution >= 0.6 is 23.8 Å². The maximum atomic E-state index is 13.2. The molecule has 8 heteroatoms. The second kappa shape index (κ2) is 9.28. The Labute approximate surface area is 185 Å². The smallest absolute Gasteiger partial charge is 0.270 e. The minimum Gasteiger partial charge on any atom is -0.493 e. The summed E-state index contributed by atoms with van der Waals surface area (Å²) in [5.41, 5.74) is 1.85. The molecule has 1 heterocycles. The van der Waals surface area contributed by atoms with E-state index < -0.39 is 11.8 Å². The highest BCUT2D eigenvalue weighted by Crippen LogP contribution is 2.34. The molecule has 0 aromatic heterocycles. The van der Waals surface area contributed by atoms with E-state index in [-0.39, 0.29) is 10.7 Å². The molecule has 0 spiro atoms. The number of hydrogen-bond donors (Lipinski definition) is 1. The summed E-state index contributed by atoms with van der Waals surface area (Å²) in [5.74, 6) is 0.151. The van der Waals surface area contributed by atoms with Gasteiger partial charge < -0.3 is 9.47 Å². The molecule has 0 atom stereocenters. The average Bonchev–Trinajstić information content (AvgIpc) is 2.71. The van der Waals surface area contributed by atoms with Gasteiger partial charge in [0.25, 0.3) is 11.8 Å². The molecule has 6 nitrogen and oxygen atoms in total. The van der Waals surface area contributed by atoms with Crippen LogP contribution in [-0.2, 0) is 9.59 Å². The first-order valence-electron chi connectivity index (χ1n) is 9.43. The van der Waals surface area contributed by atoms with Crippen LogP contribution in [0, 0.1) is 6.92 Å². The van der Waals surface area contributed by atoms with Gasteiger partial charge in [-0.3, -0.25) is 19.8 Å². The molecular weight excluding hydrogens is 424 g/mol. The van der Waals surface area contributed by atoms with Gasteiger partial charge >= 0.3 is 0 Å². The van der Waals surface area contributed by atoms with Gasteiger partial charge in [0.15, 0.2) is 5.11 Å². The molecule has 2 amide bonds. The highest BCUT2D eigenvalue weighted by atomic mass is 35.5. The predicted octanol–water partition coefficient (Wildman–Crippen LogP) is 4.28. The summed E-state index contributed by atoms with van der Waals surface area (Å²) in [4.78, 5) is 27.0. The Morgan fingerprint density at radius 1 is 1.07 bits per heavy atom. The fourth-order valence-electron chi connectivity index (χ4n) is 3.09. The van der Waals surface area contributed by atoms with Crippen LogP contribution in [0.25, 0.3) is 6.08 Å². The molecule has 0 unspecified atom stereocenters. The second-order valence-corrected chi connectivity index (χ2v) is 7.23. The van der Waals surface area contributed by atoms with Gasteiger partial charge in [-0.25, -0.2) is 0 Å². The van der Waals surface area contributed by atoms with Crippen molar-refractivity contribution in [1.82, 2.24) is 5.32 Å². The minimum atomic E-state index is -0.566. The molecule has 1 saturated heterocycles. The van der Waals surface area contributed by atoms with Crippen molar-refractivity contribution in [1.29, 1.82) is 0 Å². The number of benzene rings is 2. The topological polar surface area (TPSA) is 67.9 Å². The summed E-state index contributed by atoms with van der Waals surface area (Å²) in [6.07, 6.45) is 1.51. The van der Waals surface area contributed by atoms with E-state index in [4.69, 9.17) is 33.3 Å². The Balaban J connectivity index is 2.06. The SMILES string of the molecule is CCOc1ccc(/C=C2/C(=O)NC(=S)N(c3ccc(Cl)cc3)C2=O)c(OCC)c1C. The highest BCUT2D eigenvalue weighted by molar-refractivity contribution is 7.80. The van der Waals surface area contributed by atoms with Crippen molar-refractivity contribution in [2.75, 3.05) is 18.1 Å². The van der Waals surface area contributed by atoms with Gasteiger partial charge in [-0.2, -0.15) is 0 Å². The van der Waals surface area contributed by atoms with E-state index in [1.165, 1.54) is 11.0 Å². The fourth-order valence-corrected chi connectivity index (χ4v) is 3.50. The summed E-state index contributed by atoms with van der Waals surface area (Å²) in [5, 5.41) is 3.11. The molecule has 1 aliphatic rings. The quantitative estimate of drug-likeness (QED) is 0.409. The maximum Gasteiger partial charge on any atom is 0.270 e. The lowest BCUT2D eigenvalue weighted by Gasteiger charge is -2.29. The number of rotatable bonds is 6. The van der Waals surface area contributed by atoms with Crippen LogP contribution in [0.15, 0.2) is 42.0 Å². The molecule has 0 radical (unpaired) electrons. The number of anilines is 1. The maximum absolute atomic E-state index is 13.2. The van der Waals surface area contributed by atoms with Crippen molar-refractivity contribution in [3.05, 3.63) is 58.1 Å². The summed E-state index contributed by atoms with van der Waals surface area (Å²) in [7, 11) is 0. The molecule has 1 aliphatic heterocycles. The van der Waals surface area contributed by atoms with Crippen molar-refractivity contribution in [3.8, 4) is 11.5 Å². The van der Waals surface area contributed by atoms with Crippen molar-refractivity contribution in [2.45, 2.75) is 20.8 Å². The van der Waals surface area contributed by atoms with Gasteiger partial charge in [0.2, 0.25) is 0 Å². The van der Waals surface area contributed by atoms with E-state index in [0.29, 0.717) is 41.0 Å². The summed E-state index contributed by atoms with van der Waals surface area (Å²) in [6, 6.07) is 10.2. The molecule has 0 bridgehead atoms. The van der Waals surface area contributed by atoms with Gasteiger partial charge in [-0.1, -0.05) is 11.6 Å². The molecule has 2 aromatic rings. The minimum absolute atomic E-state index is 0.0115. The number of carbonyl (C=O) groups excluding carboxylic acids is 2. The number of amides is 2. The van der Waals surface area contributed by atoms with Crippen LogP contribution in [0.2, 0.25) is 5.02 Å². The standard InChI is InChI=1S/C22H21ClN2O4S/c1-4-28-18-11-6-14(19(13(18)3)29-5-2)12-17-20(26)24-22(30)25(21(17)27)16-9-7-15(23)8-10-16/h6-12H,4-5H2,1-3H3,(H,24,26,30)/b17-12-. The molecule has 1 N–H and O–H groups in total. The van der Waals surface area contributed by atoms with E-state index in [9.17, 15) is 9.59 Å². The Kier molecular flexibility index (Phi) is 6.74. The van der Waals surface area contributed by atoms with Crippen molar-refractivity contribution in [2.24, 2.45) is 0 Å². The third-order valence-corrected chi connectivity index (χ3v) is 5.00. The van der Waals surface area contributed by atoms with Crippen molar-refractivity contribution < 1.29 is 19.1 Å². The largest absolute Gasteiger partial charge is 0.493 e. The fraction of sp³-hybridized carbons (Fsp3) is 0.227. The highest BCUT2D eigenvalue weighted by Gasteiger charge is 2.34.